The summed E-state index contributed by atoms with van der Waals surface area (Å²) in [6.45, 7) is 2.12. The molecule has 3 nitrogen and oxygen atoms in total. The van der Waals surface area contributed by atoms with Crippen LogP contribution in [0, 0.1) is 0 Å². The summed E-state index contributed by atoms with van der Waals surface area (Å²) < 4.78 is 10.9. The molecule has 1 atom stereocenters. The molecule has 1 heterocycles. The number of ether oxygens (including phenoxy) is 2. The fraction of sp³-hybridized carbons (Fsp3) is 0.400. The molecular formula is C10H16ClNO2. The van der Waals surface area contributed by atoms with E-state index in [1.54, 1.807) is 0 Å². The van der Waals surface area contributed by atoms with Crippen molar-refractivity contribution in [1.82, 2.24) is 6.15 Å². The zero-order chi connectivity index (χ0) is 8.23. The van der Waals surface area contributed by atoms with Crippen LogP contribution in [0.25, 0.3) is 0 Å². The molecule has 1 unspecified atom stereocenters. The summed E-state index contributed by atoms with van der Waals surface area (Å²) in [5.41, 5.74) is 1.21. The Morgan fingerprint density at radius 3 is 2.36 bits per heavy atom. The standard InChI is InChI=1S/C10H12O2.ClH.H3N/c1-2-4-9(5-3-1)10-8-11-6-7-12-10;;/h1-5,10H,6-8H2;1H;1H3. The first-order valence-corrected chi connectivity index (χ1v) is 4.21. The molecule has 80 valence electrons. The summed E-state index contributed by atoms with van der Waals surface area (Å²) in [4.78, 5) is 0. The minimum Gasteiger partial charge on any atom is -0.376 e. The second-order valence-electron chi connectivity index (χ2n) is 2.85. The predicted molar refractivity (Wildman–Crippen MR) is 58.2 cm³/mol. The lowest BCUT2D eigenvalue weighted by atomic mass is 10.1. The highest BCUT2D eigenvalue weighted by Gasteiger charge is 2.15. The van der Waals surface area contributed by atoms with Crippen molar-refractivity contribution in [3.05, 3.63) is 35.9 Å². The summed E-state index contributed by atoms with van der Waals surface area (Å²) in [7, 11) is 0. The van der Waals surface area contributed by atoms with Gasteiger partial charge >= 0.3 is 0 Å². The zero-order valence-corrected chi connectivity index (χ0v) is 8.83. The van der Waals surface area contributed by atoms with E-state index in [0.29, 0.717) is 13.2 Å². The fourth-order valence-electron chi connectivity index (χ4n) is 1.35. The third-order valence-electron chi connectivity index (χ3n) is 1.99. The normalized spacial score (nSPS) is 20.4. The number of halogens is 1. The van der Waals surface area contributed by atoms with Gasteiger partial charge in [0, 0.05) is 0 Å². The van der Waals surface area contributed by atoms with E-state index in [1.807, 2.05) is 18.2 Å². The summed E-state index contributed by atoms with van der Waals surface area (Å²) in [6.07, 6.45) is 0.139. The van der Waals surface area contributed by atoms with Crippen LogP contribution in [-0.2, 0) is 9.47 Å². The maximum Gasteiger partial charge on any atom is 0.106 e. The number of hydrogen-bond donors (Lipinski definition) is 1. The van der Waals surface area contributed by atoms with Crippen molar-refractivity contribution in [1.29, 1.82) is 0 Å². The number of hydrogen-bond acceptors (Lipinski definition) is 3. The van der Waals surface area contributed by atoms with Crippen LogP contribution < -0.4 is 6.15 Å². The van der Waals surface area contributed by atoms with Crippen LogP contribution in [0.5, 0.6) is 0 Å². The maximum atomic E-state index is 5.54. The molecule has 1 aromatic carbocycles. The molecule has 1 fully saturated rings. The van der Waals surface area contributed by atoms with E-state index in [1.165, 1.54) is 5.56 Å². The van der Waals surface area contributed by atoms with Crippen LogP contribution in [-0.4, -0.2) is 19.8 Å². The Morgan fingerprint density at radius 2 is 1.79 bits per heavy atom. The van der Waals surface area contributed by atoms with Crippen LogP contribution in [0.1, 0.15) is 11.7 Å². The summed E-state index contributed by atoms with van der Waals surface area (Å²) in [5, 5.41) is 0. The Morgan fingerprint density at radius 1 is 1.07 bits per heavy atom. The van der Waals surface area contributed by atoms with Crippen LogP contribution in [0.3, 0.4) is 0 Å². The summed E-state index contributed by atoms with van der Waals surface area (Å²) in [5.74, 6) is 0. The Kier molecular flexibility index (Phi) is 6.49. The van der Waals surface area contributed by atoms with E-state index in [2.05, 4.69) is 12.1 Å². The molecule has 1 saturated heterocycles. The first-order chi connectivity index (χ1) is 5.97. The van der Waals surface area contributed by atoms with Gasteiger partial charge in [0.2, 0.25) is 0 Å². The third kappa shape index (κ3) is 3.27. The van der Waals surface area contributed by atoms with Gasteiger partial charge in [0.05, 0.1) is 19.8 Å². The molecule has 0 amide bonds. The molecular weight excluding hydrogens is 202 g/mol. The second-order valence-corrected chi connectivity index (χ2v) is 2.85. The van der Waals surface area contributed by atoms with Crippen LogP contribution in [0.4, 0.5) is 0 Å². The summed E-state index contributed by atoms with van der Waals surface area (Å²) in [6, 6.07) is 10.2. The van der Waals surface area contributed by atoms with Crippen molar-refractivity contribution in [3.8, 4) is 0 Å². The summed E-state index contributed by atoms with van der Waals surface area (Å²) >= 11 is 0. The lowest BCUT2D eigenvalue weighted by Crippen LogP contribution is -2.21. The molecule has 14 heavy (non-hydrogen) atoms. The molecule has 0 spiro atoms. The van der Waals surface area contributed by atoms with Gasteiger partial charge in [-0.2, -0.15) is 0 Å². The third-order valence-corrected chi connectivity index (χ3v) is 1.99. The second kappa shape index (κ2) is 6.79. The van der Waals surface area contributed by atoms with E-state index < -0.39 is 0 Å². The molecule has 0 aromatic heterocycles. The van der Waals surface area contributed by atoms with Gasteiger partial charge in [-0.3, -0.25) is 0 Å². The minimum absolute atomic E-state index is 0. The highest BCUT2D eigenvalue weighted by molar-refractivity contribution is 5.85. The molecule has 1 aliphatic heterocycles. The first kappa shape index (κ1) is 13.4. The van der Waals surface area contributed by atoms with Crippen LogP contribution in [0.2, 0.25) is 0 Å². The molecule has 1 aliphatic rings. The van der Waals surface area contributed by atoms with E-state index in [-0.39, 0.29) is 24.7 Å². The van der Waals surface area contributed by atoms with E-state index in [4.69, 9.17) is 9.47 Å². The molecule has 0 aliphatic carbocycles. The van der Waals surface area contributed by atoms with Crippen LogP contribution in [0.15, 0.2) is 30.3 Å². The van der Waals surface area contributed by atoms with E-state index >= 15 is 0 Å². The smallest absolute Gasteiger partial charge is 0.106 e. The average Bonchev–Trinajstić information content (AvgIpc) is 2.21. The van der Waals surface area contributed by atoms with Gasteiger partial charge in [-0.25, -0.2) is 0 Å². The minimum atomic E-state index is 0. The van der Waals surface area contributed by atoms with Crippen LogP contribution >= 0.6 is 12.4 Å². The predicted octanol–water partition coefficient (Wildman–Crippen LogP) is 2.36. The van der Waals surface area contributed by atoms with Crippen molar-refractivity contribution < 1.29 is 9.47 Å². The molecule has 0 saturated carbocycles. The van der Waals surface area contributed by atoms with Crippen molar-refractivity contribution in [2.24, 2.45) is 0 Å². The van der Waals surface area contributed by atoms with Gasteiger partial charge in [0.25, 0.3) is 0 Å². The van der Waals surface area contributed by atoms with Crippen molar-refractivity contribution in [2.45, 2.75) is 6.10 Å². The van der Waals surface area contributed by atoms with Gasteiger partial charge in [-0.05, 0) is 5.56 Å². The van der Waals surface area contributed by atoms with Gasteiger partial charge in [0.1, 0.15) is 6.10 Å². The monoisotopic (exact) mass is 217 g/mol. The molecule has 2 rings (SSSR count). The van der Waals surface area contributed by atoms with Crippen molar-refractivity contribution in [3.63, 3.8) is 0 Å². The largest absolute Gasteiger partial charge is 0.376 e. The Balaban J connectivity index is 0.000000845. The average molecular weight is 218 g/mol. The Labute approximate surface area is 90.4 Å². The molecule has 0 bridgehead atoms. The molecule has 4 heteroatoms. The number of benzene rings is 1. The number of rotatable bonds is 1. The SMILES string of the molecule is Cl.N.c1ccc(C2COCCO2)cc1. The van der Waals surface area contributed by atoms with Gasteiger partial charge in [0.15, 0.2) is 0 Å². The molecule has 0 radical (unpaired) electrons. The Bertz CT molecular complexity index is 237. The maximum absolute atomic E-state index is 5.54. The lowest BCUT2D eigenvalue weighted by molar-refractivity contribution is -0.0901. The van der Waals surface area contributed by atoms with Gasteiger partial charge in [-0.1, -0.05) is 30.3 Å². The molecule has 1 aromatic rings. The van der Waals surface area contributed by atoms with Gasteiger partial charge < -0.3 is 15.6 Å². The van der Waals surface area contributed by atoms with E-state index in [0.717, 1.165) is 6.61 Å². The Hall–Kier alpha value is -0.610. The van der Waals surface area contributed by atoms with Crippen molar-refractivity contribution in [2.75, 3.05) is 19.8 Å². The van der Waals surface area contributed by atoms with Gasteiger partial charge in [-0.15, -0.1) is 12.4 Å². The topological polar surface area (TPSA) is 53.5 Å². The zero-order valence-electron chi connectivity index (χ0n) is 8.02. The van der Waals surface area contributed by atoms with Crippen molar-refractivity contribution >= 4 is 12.4 Å². The fourth-order valence-corrected chi connectivity index (χ4v) is 1.35. The first-order valence-electron chi connectivity index (χ1n) is 4.21. The lowest BCUT2D eigenvalue weighted by Gasteiger charge is -2.22. The highest BCUT2D eigenvalue weighted by Crippen LogP contribution is 2.19. The highest BCUT2D eigenvalue weighted by atomic mass is 35.5. The van der Waals surface area contributed by atoms with E-state index in [9.17, 15) is 0 Å². The molecule has 3 N–H and O–H groups in total. The quantitative estimate of drug-likeness (QED) is 0.786.